The Morgan fingerprint density at radius 1 is 0.912 bits per heavy atom. The number of hydrogen-bond donors (Lipinski definition) is 1. The van der Waals surface area contributed by atoms with E-state index in [1.165, 1.54) is 22.7 Å². The van der Waals surface area contributed by atoms with Crippen molar-refractivity contribution < 1.29 is 9.59 Å². The van der Waals surface area contributed by atoms with Crippen molar-refractivity contribution in [3.8, 4) is 11.1 Å². The summed E-state index contributed by atoms with van der Waals surface area (Å²) >= 11 is 2.78. The molecule has 2 heterocycles. The molecule has 6 rings (SSSR count). The molecule has 34 heavy (non-hydrogen) atoms. The Bertz CT molecular complexity index is 1600. The van der Waals surface area contributed by atoms with Crippen molar-refractivity contribution >= 4 is 60.4 Å². The van der Waals surface area contributed by atoms with E-state index >= 15 is 0 Å². The van der Waals surface area contributed by atoms with Gasteiger partial charge in [-0.1, -0.05) is 85.8 Å². The number of aromatic nitrogens is 1. The first kappa shape index (κ1) is 21.2. The third-order valence-electron chi connectivity index (χ3n) is 6.32. The lowest BCUT2D eigenvalue weighted by Crippen LogP contribution is -2.26. The topological polar surface area (TPSA) is 59.1 Å². The molecule has 4 nitrogen and oxygen atoms in total. The van der Waals surface area contributed by atoms with Crippen molar-refractivity contribution in [1.82, 2.24) is 4.98 Å². The summed E-state index contributed by atoms with van der Waals surface area (Å²) < 4.78 is 1.06. The van der Waals surface area contributed by atoms with Gasteiger partial charge in [0, 0.05) is 22.1 Å². The van der Waals surface area contributed by atoms with Crippen LogP contribution in [0, 0.1) is 5.41 Å². The van der Waals surface area contributed by atoms with E-state index in [0.717, 1.165) is 44.1 Å². The summed E-state index contributed by atoms with van der Waals surface area (Å²) in [4.78, 5) is 32.2. The standard InChI is InChI=1S/C28H22N2O2S2/c1-28(2)14-20-24(21(31)15-28)34-27(29-20)30-26(32)25-23(19-11-5-6-13-22(19)33-25)18-12-7-9-16-8-3-4-10-17(16)18/h3-13H,14-15H2,1-2H3,(H,29,30,32). The molecule has 168 valence electrons. The molecule has 1 amide bonds. The fourth-order valence-corrected chi connectivity index (χ4v) is 6.87. The van der Waals surface area contributed by atoms with Gasteiger partial charge >= 0.3 is 0 Å². The van der Waals surface area contributed by atoms with Gasteiger partial charge in [0.15, 0.2) is 10.9 Å². The van der Waals surface area contributed by atoms with E-state index < -0.39 is 0 Å². The molecule has 0 atom stereocenters. The van der Waals surface area contributed by atoms with Crippen LogP contribution in [0.15, 0.2) is 66.7 Å². The van der Waals surface area contributed by atoms with Gasteiger partial charge in [-0.05, 0) is 34.2 Å². The second kappa shape index (κ2) is 7.86. The number of thiophene rings is 1. The molecular weight excluding hydrogens is 460 g/mol. The number of fused-ring (bicyclic) bond motifs is 3. The Labute approximate surface area is 205 Å². The largest absolute Gasteiger partial charge is 0.297 e. The SMILES string of the molecule is CC1(C)CC(=O)c2sc(NC(=O)c3sc4ccccc4c3-c3cccc4ccccc34)nc2C1. The molecular formula is C28H22N2O2S2. The van der Waals surface area contributed by atoms with Crippen LogP contribution in [0.4, 0.5) is 5.13 Å². The molecule has 1 aliphatic rings. The zero-order chi connectivity index (χ0) is 23.4. The number of amides is 1. The summed E-state index contributed by atoms with van der Waals surface area (Å²) in [5.41, 5.74) is 2.67. The molecule has 0 saturated carbocycles. The summed E-state index contributed by atoms with van der Waals surface area (Å²) in [6.45, 7) is 4.16. The van der Waals surface area contributed by atoms with Gasteiger partial charge < -0.3 is 0 Å². The predicted molar refractivity (Wildman–Crippen MR) is 141 cm³/mol. The van der Waals surface area contributed by atoms with E-state index in [2.05, 4.69) is 54.5 Å². The molecule has 0 bridgehead atoms. The van der Waals surface area contributed by atoms with E-state index in [9.17, 15) is 9.59 Å². The number of carbonyl (C=O) groups is 2. The minimum absolute atomic E-state index is 0.105. The van der Waals surface area contributed by atoms with Crippen molar-refractivity contribution in [2.24, 2.45) is 5.41 Å². The molecule has 2 aromatic heterocycles. The van der Waals surface area contributed by atoms with E-state index in [-0.39, 0.29) is 17.1 Å². The van der Waals surface area contributed by atoms with Crippen molar-refractivity contribution in [2.75, 3.05) is 5.32 Å². The Morgan fingerprint density at radius 2 is 1.65 bits per heavy atom. The van der Waals surface area contributed by atoms with Gasteiger partial charge in [-0.25, -0.2) is 4.98 Å². The minimum atomic E-state index is -0.193. The lowest BCUT2D eigenvalue weighted by molar-refractivity contribution is 0.0915. The lowest BCUT2D eigenvalue weighted by atomic mass is 9.78. The van der Waals surface area contributed by atoms with Crippen molar-refractivity contribution in [2.45, 2.75) is 26.7 Å². The van der Waals surface area contributed by atoms with Crippen LogP contribution in [0.2, 0.25) is 0 Å². The van der Waals surface area contributed by atoms with Crippen LogP contribution in [0.3, 0.4) is 0 Å². The Morgan fingerprint density at radius 3 is 2.50 bits per heavy atom. The summed E-state index contributed by atoms with van der Waals surface area (Å²) in [6.07, 6.45) is 1.25. The molecule has 1 N–H and O–H groups in total. The van der Waals surface area contributed by atoms with E-state index in [1.54, 1.807) is 0 Å². The van der Waals surface area contributed by atoms with Gasteiger partial charge in [0.1, 0.15) is 4.88 Å². The molecule has 6 heteroatoms. The smallest absolute Gasteiger partial charge is 0.268 e. The number of nitrogens with one attached hydrogen (secondary N) is 1. The summed E-state index contributed by atoms with van der Waals surface area (Å²) in [6, 6.07) is 22.6. The molecule has 0 unspecified atom stereocenters. The fraction of sp³-hybridized carbons (Fsp3) is 0.179. The van der Waals surface area contributed by atoms with Gasteiger partial charge in [0.05, 0.1) is 10.6 Å². The Hall–Kier alpha value is -3.35. The monoisotopic (exact) mass is 482 g/mol. The van der Waals surface area contributed by atoms with Crippen LogP contribution in [-0.2, 0) is 6.42 Å². The second-order valence-electron chi connectivity index (χ2n) is 9.52. The highest BCUT2D eigenvalue weighted by atomic mass is 32.1. The van der Waals surface area contributed by atoms with Crippen LogP contribution in [-0.4, -0.2) is 16.7 Å². The number of thiazole rings is 1. The van der Waals surface area contributed by atoms with E-state index in [1.807, 2.05) is 36.4 Å². The maximum atomic E-state index is 13.6. The average Bonchev–Trinajstić information content (AvgIpc) is 3.39. The predicted octanol–water partition coefficient (Wildman–Crippen LogP) is 7.59. The Balaban J connectivity index is 1.45. The van der Waals surface area contributed by atoms with Gasteiger partial charge in [-0.15, -0.1) is 11.3 Å². The molecule has 0 aliphatic heterocycles. The fourth-order valence-electron chi connectivity index (χ4n) is 4.84. The first-order valence-corrected chi connectivity index (χ1v) is 12.9. The summed E-state index contributed by atoms with van der Waals surface area (Å²) in [5.74, 6) is -0.0792. The molecule has 3 aromatic carbocycles. The highest BCUT2D eigenvalue weighted by molar-refractivity contribution is 7.22. The highest BCUT2D eigenvalue weighted by Crippen LogP contribution is 2.43. The number of hydrogen-bond acceptors (Lipinski definition) is 5. The van der Waals surface area contributed by atoms with Gasteiger partial charge in [0.2, 0.25) is 0 Å². The van der Waals surface area contributed by atoms with Crippen LogP contribution < -0.4 is 5.32 Å². The zero-order valence-electron chi connectivity index (χ0n) is 18.8. The van der Waals surface area contributed by atoms with E-state index in [4.69, 9.17) is 0 Å². The molecule has 0 spiro atoms. The number of benzene rings is 3. The van der Waals surface area contributed by atoms with Crippen molar-refractivity contribution in [1.29, 1.82) is 0 Å². The van der Waals surface area contributed by atoms with Gasteiger partial charge in [-0.3, -0.25) is 14.9 Å². The third kappa shape index (κ3) is 3.54. The zero-order valence-corrected chi connectivity index (χ0v) is 20.5. The Kier molecular flexibility index (Phi) is 4.90. The molecule has 1 aliphatic carbocycles. The van der Waals surface area contributed by atoms with Crippen molar-refractivity contribution in [3.63, 3.8) is 0 Å². The number of Topliss-reactive ketones (excluding diaryl/α,β-unsaturated/α-hetero) is 1. The van der Waals surface area contributed by atoms with Crippen LogP contribution in [0.25, 0.3) is 32.0 Å². The maximum Gasteiger partial charge on any atom is 0.268 e. The third-order valence-corrected chi connectivity index (χ3v) is 8.54. The summed E-state index contributed by atoms with van der Waals surface area (Å²) in [7, 11) is 0. The maximum absolute atomic E-state index is 13.6. The molecule has 0 fully saturated rings. The molecule has 0 radical (unpaired) electrons. The van der Waals surface area contributed by atoms with Gasteiger partial charge in [0.25, 0.3) is 5.91 Å². The minimum Gasteiger partial charge on any atom is -0.297 e. The highest BCUT2D eigenvalue weighted by Gasteiger charge is 2.34. The molecule has 5 aromatic rings. The second-order valence-corrected chi connectivity index (χ2v) is 11.6. The number of nitrogens with zero attached hydrogens (tertiary/aromatic N) is 1. The summed E-state index contributed by atoms with van der Waals surface area (Å²) in [5, 5.41) is 6.80. The lowest BCUT2D eigenvalue weighted by Gasteiger charge is -2.26. The quantitative estimate of drug-likeness (QED) is 0.288. The number of ketones is 1. The number of anilines is 1. The van der Waals surface area contributed by atoms with Gasteiger partial charge in [-0.2, -0.15) is 0 Å². The van der Waals surface area contributed by atoms with Crippen molar-refractivity contribution in [3.05, 3.63) is 82.2 Å². The van der Waals surface area contributed by atoms with Crippen LogP contribution in [0.5, 0.6) is 0 Å². The number of carbonyl (C=O) groups excluding carboxylic acids is 2. The van der Waals surface area contributed by atoms with E-state index in [0.29, 0.717) is 21.3 Å². The van der Waals surface area contributed by atoms with Crippen LogP contribution in [0.1, 0.15) is 45.3 Å². The first-order chi connectivity index (χ1) is 16.4. The number of rotatable bonds is 3. The average molecular weight is 483 g/mol. The van der Waals surface area contributed by atoms with Crippen LogP contribution >= 0.6 is 22.7 Å². The molecule has 0 saturated heterocycles. The first-order valence-electron chi connectivity index (χ1n) is 11.2. The normalized spacial score (nSPS) is 14.9.